The lowest BCUT2D eigenvalue weighted by molar-refractivity contribution is 0.0661. The molecular formula is C35H35FN6O3. The van der Waals surface area contributed by atoms with Crippen molar-refractivity contribution >= 4 is 33.9 Å². The van der Waals surface area contributed by atoms with E-state index in [1.807, 2.05) is 34.7 Å². The number of ether oxygens (including phenoxy) is 1. The van der Waals surface area contributed by atoms with Gasteiger partial charge in [-0.15, -0.1) is 0 Å². The van der Waals surface area contributed by atoms with Crippen molar-refractivity contribution < 1.29 is 18.7 Å². The van der Waals surface area contributed by atoms with Crippen molar-refractivity contribution in [2.24, 2.45) is 30.5 Å². The molecule has 2 aromatic carbocycles. The summed E-state index contributed by atoms with van der Waals surface area (Å²) < 4.78 is 25.1. The molecule has 2 atom stereocenters. The lowest BCUT2D eigenvalue weighted by Crippen LogP contribution is -2.40. The minimum absolute atomic E-state index is 0.0367. The third kappa shape index (κ3) is 4.74. The van der Waals surface area contributed by atoms with Gasteiger partial charge < -0.3 is 24.5 Å². The maximum absolute atomic E-state index is 15.1. The number of primary amides is 1. The highest BCUT2D eigenvalue weighted by atomic mass is 19.1. The predicted octanol–water partition coefficient (Wildman–Crippen LogP) is 5.79. The highest BCUT2D eigenvalue weighted by Gasteiger charge is 2.35. The van der Waals surface area contributed by atoms with E-state index in [-0.39, 0.29) is 11.5 Å². The predicted molar refractivity (Wildman–Crippen MR) is 169 cm³/mol. The Bertz CT molecular complexity index is 2010. The lowest BCUT2D eigenvalue weighted by Gasteiger charge is -2.32. The summed E-state index contributed by atoms with van der Waals surface area (Å²) in [4.78, 5) is 37.3. The van der Waals surface area contributed by atoms with Gasteiger partial charge in [0.05, 0.1) is 24.0 Å². The quantitative estimate of drug-likeness (QED) is 0.253. The molecule has 3 fully saturated rings. The Morgan fingerprint density at radius 2 is 1.76 bits per heavy atom. The van der Waals surface area contributed by atoms with E-state index in [2.05, 4.69) is 10.6 Å². The first-order valence-electron chi connectivity index (χ1n) is 15.7. The summed E-state index contributed by atoms with van der Waals surface area (Å²) in [7, 11) is 3.59. The number of pyridine rings is 1. The van der Waals surface area contributed by atoms with E-state index >= 15 is 4.39 Å². The molecule has 1 saturated heterocycles. The molecule has 45 heavy (non-hydrogen) atoms. The van der Waals surface area contributed by atoms with Crippen LogP contribution in [0.3, 0.4) is 0 Å². The van der Waals surface area contributed by atoms with Gasteiger partial charge in [-0.2, -0.15) is 0 Å². The number of hydrogen-bond donors (Lipinski definition) is 1. The molecular weight excluding hydrogens is 571 g/mol. The Morgan fingerprint density at radius 3 is 2.44 bits per heavy atom. The Labute approximate surface area is 259 Å². The van der Waals surface area contributed by atoms with Gasteiger partial charge in [0.25, 0.3) is 5.91 Å². The molecule has 2 bridgehead atoms. The summed E-state index contributed by atoms with van der Waals surface area (Å²) in [5.41, 5.74) is 9.97. The number of methoxy groups -OCH3 is 1. The molecule has 4 heterocycles. The molecule has 1 aliphatic heterocycles. The third-order valence-corrected chi connectivity index (χ3v) is 9.94. The number of fused-ring (bicyclic) bond motifs is 4. The fourth-order valence-electron chi connectivity index (χ4n) is 7.46. The van der Waals surface area contributed by atoms with E-state index in [1.54, 1.807) is 19.2 Å². The van der Waals surface area contributed by atoms with Crippen molar-refractivity contribution in [3.8, 4) is 28.5 Å². The van der Waals surface area contributed by atoms with Gasteiger partial charge in [0.2, 0.25) is 5.91 Å². The Balaban J connectivity index is 1.22. The number of halogens is 1. The topological polar surface area (TPSA) is 108 Å². The van der Waals surface area contributed by atoms with Crippen LogP contribution in [0, 0.1) is 23.6 Å². The first-order chi connectivity index (χ1) is 21.8. The number of carbonyl (C=O) groups is 2. The zero-order valence-electron chi connectivity index (χ0n) is 25.4. The number of aryl methyl sites for hydroxylation is 1. The molecule has 0 radical (unpaired) electrons. The van der Waals surface area contributed by atoms with Gasteiger partial charge in [0.1, 0.15) is 22.7 Å². The van der Waals surface area contributed by atoms with Gasteiger partial charge in [0.15, 0.2) is 5.82 Å². The zero-order chi connectivity index (χ0) is 31.0. The minimum atomic E-state index is -0.680. The first-order valence-corrected chi connectivity index (χ1v) is 15.7. The minimum Gasteiger partial charge on any atom is -0.494 e. The Hall–Kier alpha value is -4.73. The number of imidazole rings is 1. The van der Waals surface area contributed by atoms with Crippen LogP contribution in [-0.4, -0.2) is 56.0 Å². The second-order valence-corrected chi connectivity index (χ2v) is 13.0. The zero-order valence-corrected chi connectivity index (χ0v) is 25.4. The van der Waals surface area contributed by atoms with E-state index in [9.17, 15) is 9.59 Å². The molecule has 5 aromatic rings. The van der Waals surface area contributed by atoms with Crippen LogP contribution in [0.15, 0.2) is 48.5 Å². The molecule has 0 spiro atoms. The van der Waals surface area contributed by atoms with Crippen molar-refractivity contribution in [3.05, 3.63) is 65.5 Å². The SMILES string of the molecule is COc1cc(C(=O)N2CC3CCC(C3)C2)cc2nc(-c3cc4ccc(-c5ccc(C(N)=O)cc5F)nc4n3CC3CC3)n(C)c12. The molecule has 230 valence electrons. The number of likely N-dealkylation sites (tertiary alicyclic amines) is 1. The highest BCUT2D eigenvalue weighted by molar-refractivity contribution is 6.00. The van der Waals surface area contributed by atoms with Crippen molar-refractivity contribution in [2.75, 3.05) is 20.2 Å². The summed E-state index contributed by atoms with van der Waals surface area (Å²) in [6, 6.07) is 13.8. The van der Waals surface area contributed by atoms with Crippen LogP contribution in [0.1, 0.15) is 52.8 Å². The average molecular weight is 607 g/mol. The van der Waals surface area contributed by atoms with Crippen LogP contribution in [0.5, 0.6) is 5.75 Å². The Kier molecular flexibility index (Phi) is 6.44. The van der Waals surface area contributed by atoms with Gasteiger partial charge in [-0.05, 0) is 98.4 Å². The van der Waals surface area contributed by atoms with Crippen LogP contribution < -0.4 is 10.5 Å². The van der Waals surface area contributed by atoms with Crippen molar-refractivity contribution in [3.63, 3.8) is 0 Å². The molecule has 2 amide bonds. The summed E-state index contributed by atoms with van der Waals surface area (Å²) in [6.45, 7) is 2.40. The standard InChI is InChI=1S/C35H35FN6O3/c1-40-31-28(13-24(15-30(31)45-2)35(44)41-16-20-5-6-21(11-20)17-41)39-34(40)29-14-23-8-10-27(38-33(23)42(29)18-19-3-4-19)25-9-7-22(32(37)43)12-26(25)36/h7-10,12-15,19-21H,3-6,11,16-18H2,1-2H3,(H2,37,43). The maximum Gasteiger partial charge on any atom is 0.254 e. The molecule has 3 aromatic heterocycles. The number of piperidine rings is 1. The van der Waals surface area contributed by atoms with Gasteiger partial charge in [-0.1, -0.05) is 0 Å². The van der Waals surface area contributed by atoms with E-state index in [1.165, 1.54) is 25.3 Å². The molecule has 2 unspecified atom stereocenters. The number of hydrogen-bond acceptors (Lipinski definition) is 5. The van der Waals surface area contributed by atoms with E-state index in [0.717, 1.165) is 66.6 Å². The summed E-state index contributed by atoms with van der Waals surface area (Å²) in [5, 5.41) is 0.915. The van der Waals surface area contributed by atoms with Gasteiger partial charge in [-0.3, -0.25) is 9.59 Å². The molecule has 2 saturated carbocycles. The van der Waals surface area contributed by atoms with Crippen LogP contribution in [-0.2, 0) is 13.6 Å². The largest absolute Gasteiger partial charge is 0.494 e. The first kappa shape index (κ1) is 27.8. The second-order valence-electron chi connectivity index (χ2n) is 13.0. The van der Waals surface area contributed by atoms with Crippen LogP contribution in [0.2, 0.25) is 0 Å². The fraction of sp³-hybridized carbons (Fsp3) is 0.371. The summed E-state index contributed by atoms with van der Waals surface area (Å²) in [6.07, 6.45) is 5.94. The number of aromatic nitrogens is 4. The Morgan fingerprint density at radius 1 is 0.978 bits per heavy atom. The van der Waals surface area contributed by atoms with Crippen molar-refractivity contribution in [1.29, 1.82) is 0 Å². The molecule has 8 rings (SSSR count). The molecule has 10 heteroatoms. The number of benzene rings is 2. The number of nitrogens with two attached hydrogens (primary N) is 1. The van der Waals surface area contributed by atoms with Crippen molar-refractivity contribution in [2.45, 2.75) is 38.6 Å². The van der Waals surface area contributed by atoms with E-state index in [4.69, 9.17) is 20.4 Å². The smallest absolute Gasteiger partial charge is 0.254 e. The summed E-state index contributed by atoms with van der Waals surface area (Å²) >= 11 is 0. The molecule has 2 aliphatic carbocycles. The van der Waals surface area contributed by atoms with E-state index < -0.39 is 11.7 Å². The molecule has 2 N–H and O–H groups in total. The number of carbonyl (C=O) groups excluding carboxylic acids is 2. The average Bonchev–Trinajstić information content (AvgIpc) is 3.59. The molecule has 9 nitrogen and oxygen atoms in total. The van der Waals surface area contributed by atoms with Crippen LogP contribution in [0.25, 0.3) is 44.8 Å². The summed E-state index contributed by atoms with van der Waals surface area (Å²) in [5.74, 6) is 1.89. The molecule has 3 aliphatic rings. The maximum atomic E-state index is 15.1. The van der Waals surface area contributed by atoms with Crippen LogP contribution in [0.4, 0.5) is 4.39 Å². The number of nitrogens with zero attached hydrogens (tertiary/aromatic N) is 5. The van der Waals surface area contributed by atoms with Crippen molar-refractivity contribution in [1.82, 2.24) is 24.0 Å². The highest BCUT2D eigenvalue weighted by Crippen LogP contribution is 2.40. The third-order valence-electron chi connectivity index (χ3n) is 9.94. The number of rotatable bonds is 7. The van der Waals surface area contributed by atoms with E-state index in [0.29, 0.717) is 45.8 Å². The van der Waals surface area contributed by atoms with Gasteiger partial charge in [-0.25, -0.2) is 14.4 Å². The monoisotopic (exact) mass is 606 g/mol. The van der Waals surface area contributed by atoms with Gasteiger partial charge >= 0.3 is 0 Å². The number of amides is 2. The lowest BCUT2D eigenvalue weighted by atomic mass is 9.98. The normalized spacial score (nSPS) is 19.5. The van der Waals surface area contributed by atoms with Gasteiger partial charge in [0, 0.05) is 48.8 Å². The fourth-order valence-corrected chi connectivity index (χ4v) is 7.46. The second kappa shape index (κ2) is 10.4. The van der Waals surface area contributed by atoms with Crippen LogP contribution >= 0.6 is 0 Å².